The van der Waals surface area contributed by atoms with Gasteiger partial charge in [-0.15, -0.1) is 5.11 Å². The number of non-ortho nitro benzene ring substituents is 1. The number of hydrogen-bond acceptors (Lipinski definition) is 11. The van der Waals surface area contributed by atoms with Gasteiger partial charge in [-0.1, -0.05) is 17.4 Å². The number of sulfone groups is 1. The molecule has 0 bridgehead atoms. The monoisotopic (exact) mass is 596 g/mol. The van der Waals surface area contributed by atoms with E-state index in [9.17, 15) is 40.5 Å². The zero-order valence-electron chi connectivity index (χ0n) is 19.0. The van der Waals surface area contributed by atoms with E-state index in [0.29, 0.717) is 0 Å². The van der Waals surface area contributed by atoms with Crippen LogP contribution < -0.4 is 4.83 Å². The molecule has 0 aliphatic rings. The van der Waals surface area contributed by atoms with Crippen molar-refractivity contribution < 1.29 is 39.8 Å². The van der Waals surface area contributed by atoms with Crippen molar-refractivity contribution in [3.05, 3.63) is 58.6 Å². The average Bonchev–Trinajstić information content (AvgIpc) is 2.77. The number of nitrogens with zero attached hydrogens (tertiary/aromatic N) is 3. The summed E-state index contributed by atoms with van der Waals surface area (Å²) in [6, 6.07) is 10.1. The molecule has 3 N–H and O–H groups in total. The van der Waals surface area contributed by atoms with Crippen LogP contribution in [0.5, 0.6) is 5.75 Å². The molecule has 3 aromatic carbocycles. The first-order valence-corrected chi connectivity index (χ1v) is 15.3. The zero-order valence-corrected chi connectivity index (χ0v) is 21.4. The van der Waals surface area contributed by atoms with Crippen molar-refractivity contribution in [2.45, 2.75) is 11.3 Å². The van der Waals surface area contributed by atoms with Crippen LogP contribution in [0.4, 0.5) is 11.4 Å². The number of rotatable bonds is 10. The van der Waals surface area contributed by atoms with Gasteiger partial charge in [-0.25, -0.2) is 16.8 Å². The number of phenolic OH excluding ortho intramolecular Hbond substituents is 1. The van der Waals surface area contributed by atoms with Crippen LogP contribution >= 0.6 is 0 Å². The van der Waals surface area contributed by atoms with Gasteiger partial charge < -0.3 is 5.11 Å². The zero-order chi connectivity index (χ0) is 27.6. The Labute approximate surface area is 239 Å². The molecular formula is C20H21N4NaO10S3. The summed E-state index contributed by atoms with van der Waals surface area (Å²) in [6.45, 7) is 0. The summed E-state index contributed by atoms with van der Waals surface area (Å²) < 4.78 is 80.1. The molecule has 0 aliphatic heterocycles. The Morgan fingerprint density at radius 3 is 2.24 bits per heavy atom. The molecule has 0 spiro atoms. The van der Waals surface area contributed by atoms with Crippen LogP contribution in [0.15, 0.2) is 63.8 Å². The van der Waals surface area contributed by atoms with E-state index in [1.165, 1.54) is 36.4 Å². The Kier molecular flexibility index (Phi) is 9.98. The molecule has 14 nitrogen and oxygen atoms in total. The molecule has 0 radical (unpaired) electrons. The first-order valence-electron chi connectivity index (χ1n) is 10.2. The second-order valence-electron chi connectivity index (χ2n) is 7.79. The second kappa shape index (κ2) is 12.0. The van der Waals surface area contributed by atoms with Crippen molar-refractivity contribution in [2.24, 2.45) is 10.3 Å². The van der Waals surface area contributed by atoms with E-state index >= 15 is 0 Å². The Bertz CT molecular complexity index is 1740. The molecule has 3 rings (SSSR count). The van der Waals surface area contributed by atoms with Crippen LogP contribution in [-0.2, 0) is 30.0 Å². The summed E-state index contributed by atoms with van der Waals surface area (Å²) >= 11 is 0. The standard InChI is InChI=1S/C20H20N4O10S3.Na.H/c1-35(28,29)23-22-21-17-5-2-4-16-18(25)9-8-15(20(16)17)14-7-6-13(24(26)27)12-19(14)36(30,31)10-3-11-37(32,33)34;;/h2,4-9,12,25H,3,10-11H2,1H3,(H,21,23)(H,32,33,34);;. The number of nitro benzene ring substituents is 1. The fraction of sp³-hybridized carbons (Fsp3) is 0.200. The summed E-state index contributed by atoms with van der Waals surface area (Å²) in [5, 5.41) is 29.4. The molecule has 0 amide bonds. The molecule has 0 heterocycles. The van der Waals surface area contributed by atoms with E-state index in [4.69, 9.17) is 4.55 Å². The number of sulfonamides is 1. The number of nitrogens with one attached hydrogen (secondary N) is 1. The average molecular weight is 597 g/mol. The molecular weight excluding hydrogens is 575 g/mol. The van der Waals surface area contributed by atoms with Crippen LogP contribution in [0.25, 0.3) is 21.9 Å². The Morgan fingerprint density at radius 1 is 0.974 bits per heavy atom. The van der Waals surface area contributed by atoms with E-state index in [0.717, 1.165) is 18.4 Å². The topological polar surface area (TPSA) is 223 Å². The molecule has 0 aliphatic carbocycles. The van der Waals surface area contributed by atoms with Gasteiger partial charge in [0.1, 0.15) is 5.75 Å². The molecule has 0 saturated heterocycles. The van der Waals surface area contributed by atoms with E-state index in [1.54, 1.807) is 0 Å². The third kappa shape index (κ3) is 7.92. The van der Waals surface area contributed by atoms with Crippen LogP contribution in [0, 0.1) is 10.1 Å². The van der Waals surface area contributed by atoms with Gasteiger partial charge >= 0.3 is 29.6 Å². The molecule has 0 aromatic heterocycles. The molecule has 0 fully saturated rings. The summed E-state index contributed by atoms with van der Waals surface area (Å²) in [6.07, 6.45) is 0.374. The van der Waals surface area contributed by atoms with Crippen molar-refractivity contribution >= 4 is 81.7 Å². The second-order valence-corrected chi connectivity index (χ2v) is 13.2. The minimum absolute atomic E-state index is 0. The van der Waals surface area contributed by atoms with Crippen LogP contribution in [0.2, 0.25) is 0 Å². The van der Waals surface area contributed by atoms with Crippen molar-refractivity contribution in [3.8, 4) is 16.9 Å². The summed E-state index contributed by atoms with van der Waals surface area (Å²) in [7, 11) is -12.5. The summed E-state index contributed by atoms with van der Waals surface area (Å²) in [5.74, 6) is -1.80. The maximum atomic E-state index is 13.2. The predicted molar refractivity (Wildman–Crippen MR) is 140 cm³/mol. The van der Waals surface area contributed by atoms with E-state index in [1.807, 2.05) is 4.83 Å². The third-order valence-electron chi connectivity index (χ3n) is 4.98. The first-order chi connectivity index (χ1) is 17.1. The summed E-state index contributed by atoms with van der Waals surface area (Å²) in [4.78, 5) is 11.9. The Hall–Kier alpha value is -2.67. The van der Waals surface area contributed by atoms with Crippen molar-refractivity contribution in [2.75, 3.05) is 17.8 Å². The Morgan fingerprint density at radius 2 is 1.63 bits per heavy atom. The van der Waals surface area contributed by atoms with Gasteiger partial charge in [0.2, 0.25) is 10.0 Å². The number of aromatic hydroxyl groups is 1. The molecule has 3 aromatic rings. The fourth-order valence-electron chi connectivity index (χ4n) is 3.47. The molecule has 0 unspecified atom stereocenters. The maximum absolute atomic E-state index is 13.2. The Balaban J connectivity index is 0.00000507. The van der Waals surface area contributed by atoms with Gasteiger partial charge in [0.15, 0.2) is 9.84 Å². The number of phenols is 1. The van der Waals surface area contributed by atoms with Crippen molar-refractivity contribution in [1.29, 1.82) is 0 Å². The fourth-order valence-corrected chi connectivity index (χ4v) is 5.91. The summed E-state index contributed by atoms with van der Waals surface area (Å²) in [5.41, 5.74) is -0.379. The first kappa shape index (κ1) is 31.5. The molecule has 38 heavy (non-hydrogen) atoms. The quantitative estimate of drug-likeness (QED) is 0.102. The molecule has 0 saturated carbocycles. The van der Waals surface area contributed by atoms with Crippen LogP contribution in [-0.4, -0.2) is 87.2 Å². The normalized spacial score (nSPS) is 12.4. The van der Waals surface area contributed by atoms with E-state index in [-0.39, 0.29) is 62.9 Å². The van der Waals surface area contributed by atoms with Gasteiger partial charge in [0.25, 0.3) is 15.8 Å². The SMILES string of the molecule is CS(=O)(=O)NN=Nc1cccc2c(O)ccc(-c3ccc([N+](=O)[O-])cc3S(=O)(=O)CCCS(=O)(=O)O)c12.[NaH]. The molecule has 0 atom stereocenters. The molecule has 200 valence electrons. The van der Waals surface area contributed by atoms with Crippen molar-refractivity contribution in [3.63, 3.8) is 0 Å². The number of benzene rings is 3. The van der Waals surface area contributed by atoms with E-state index < -0.39 is 63.4 Å². The number of fused-ring (bicyclic) bond motifs is 1. The molecule has 18 heteroatoms. The van der Waals surface area contributed by atoms with Crippen LogP contribution in [0.3, 0.4) is 0 Å². The van der Waals surface area contributed by atoms with Gasteiger partial charge in [0.05, 0.1) is 33.3 Å². The van der Waals surface area contributed by atoms with Crippen LogP contribution in [0.1, 0.15) is 6.42 Å². The van der Waals surface area contributed by atoms with Gasteiger partial charge in [0, 0.05) is 28.5 Å². The minimum atomic E-state index is -4.44. The van der Waals surface area contributed by atoms with Crippen molar-refractivity contribution in [1.82, 2.24) is 4.83 Å². The van der Waals surface area contributed by atoms with Gasteiger partial charge in [-0.3, -0.25) is 14.7 Å². The van der Waals surface area contributed by atoms with Gasteiger partial charge in [-0.05, 0) is 36.2 Å². The predicted octanol–water partition coefficient (Wildman–Crippen LogP) is 2.07. The van der Waals surface area contributed by atoms with E-state index in [2.05, 4.69) is 10.3 Å². The number of hydrogen-bond donors (Lipinski definition) is 3. The third-order valence-corrected chi connectivity index (χ3v) is 8.03. The number of nitro groups is 1. The van der Waals surface area contributed by atoms with Gasteiger partial charge in [-0.2, -0.15) is 13.2 Å².